The molecular formula is C52H77N13O24. The van der Waals surface area contributed by atoms with Gasteiger partial charge in [0.2, 0.25) is 76.8 Å². The Bertz CT molecular complexity index is 2770. The summed E-state index contributed by atoms with van der Waals surface area (Å²) in [6.07, 6.45) is -10.4. The maximum absolute atomic E-state index is 13.8. The van der Waals surface area contributed by atoms with Gasteiger partial charge in [0.1, 0.15) is 66.5 Å². The Hall–Kier alpha value is -9.91. The molecule has 37 heteroatoms. The number of aliphatic hydroxyl groups excluding tert-OH is 3. The quantitative estimate of drug-likeness (QED) is 0.0290. The molecule has 0 spiro atoms. The van der Waals surface area contributed by atoms with Gasteiger partial charge < -0.3 is 106 Å². The highest BCUT2D eigenvalue weighted by molar-refractivity contribution is 6.01. The van der Waals surface area contributed by atoms with Gasteiger partial charge >= 0.3 is 23.9 Å². The van der Waals surface area contributed by atoms with Gasteiger partial charge in [-0.15, -0.1) is 0 Å². The lowest BCUT2D eigenvalue weighted by Crippen LogP contribution is -2.63. The van der Waals surface area contributed by atoms with Crippen LogP contribution in [0, 0.1) is 5.92 Å². The zero-order valence-electron chi connectivity index (χ0n) is 49.1. The minimum atomic E-state index is -2.27. The number of benzene rings is 1. The molecular weight excluding hydrogens is 1190 g/mol. The van der Waals surface area contributed by atoms with Gasteiger partial charge in [-0.2, -0.15) is 0 Å². The normalized spacial score (nSPS) is 15.3. The fraction of sp³-hybridized carbons (Fsp3) is 0.558. The van der Waals surface area contributed by atoms with Crippen LogP contribution in [0.4, 0.5) is 0 Å². The number of carboxylic acid groups (broad SMARTS) is 4. The molecule has 13 atom stereocenters. The van der Waals surface area contributed by atoms with E-state index in [1.54, 1.807) is 30.3 Å². The molecule has 0 bridgehead atoms. The van der Waals surface area contributed by atoms with Crippen LogP contribution < -0.4 is 70.0 Å². The van der Waals surface area contributed by atoms with Crippen molar-refractivity contribution >= 4 is 101 Å². The topological polar surface area (TPSA) is 616 Å². The van der Waals surface area contributed by atoms with Crippen molar-refractivity contribution in [2.24, 2.45) is 17.4 Å². The highest BCUT2D eigenvalue weighted by Gasteiger charge is 2.39. The lowest BCUT2D eigenvalue weighted by atomic mass is 10.0. The van der Waals surface area contributed by atoms with E-state index in [9.17, 15) is 117 Å². The third-order valence-electron chi connectivity index (χ3n) is 12.6. The maximum Gasteiger partial charge on any atom is 0.305 e. The average Bonchev–Trinajstić information content (AvgIpc) is 2.67. The monoisotopic (exact) mass is 1270 g/mol. The molecule has 0 aliphatic heterocycles. The fourth-order valence-corrected chi connectivity index (χ4v) is 7.87. The van der Waals surface area contributed by atoms with Crippen LogP contribution in [-0.4, -0.2) is 222 Å². The van der Waals surface area contributed by atoms with Gasteiger partial charge in [-0.25, -0.2) is 0 Å². The molecule has 1 aromatic carbocycles. The van der Waals surface area contributed by atoms with Crippen molar-refractivity contribution in [3.8, 4) is 0 Å². The number of nitrogens with one attached hydrogen (secondary N) is 11. The zero-order valence-corrected chi connectivity index (χ0v) is 49.1. The van der Waals surface area contributed by atoms with Gasteiger partial charge in [0.05, 0.1) is 38.1 Å². The first-order chi connectivity index (χ1) is 41.4. The molecule has 1 rings (SSSR count). The van der Waals surface area contributed by atoms with Crippen LogP contribution >= 0.6 is 0 Å². The van der Waals surface area contributed by atoms with Gasteiger partial charge in [-0.05, 0) is 45.1 Å². The van der Waals surface area contributed by atoms with Crippen LogP contribution in [0.25, 0.3) is 0 Å². The van der Waals surface area contributed by atoms with E-state index < -0.39 is 237 Å². The van der Waals surface area contributed by atoms with Gasteiger partial charge in [0, 0.05) is 26.2 Å². The molecule has 0 aliphatic rings. The Labute approximate surface area is 506 Å². The summed E-state index contributed by atoms with van der Waals surface area (Å²) in [7, 11) is 0. The number of carbonyl (C=O) groups excluding carboxylic acids is 13. The summed E-state index contributed by atoms with van der Waals surface area (Å²) in [5, 5.41) is 91.9. The van der Waals surface area contributed by atoms with E-state index in [2.05, 4.69) is 37.2 Å². The van der Waals surface area contributed by atoms with Crippen LogP contribution in [0.1, 0.15) is 92.1 Å². The molecule has 0 unspecified atom stereocenters. The Morgan fingerprint density at radius 2 is 0.753 bits per heavy atom. The first-order valence-corrected chi connectivity index (χ1v) is 27.2. The van der Waals surface area contributed by atoms with Crippen molar-refractivity contribution in [3.05, 3.63) is 35.9 Å². The summed E-state index contributed by atoms with van der Waals surface area (Å²) in [5.74, 6) is -23.8. The molecule has 0 fully saturated rings. The lowest BCUT2D eigenvalue weighted by molar-refractivity contribution is -0.143. The summed E-state index contributed by atoms with van der Waals surface area (Å²) in [4.78, 5) is 218. The van der Waals surface area contributed by atoms with E-state index in [0.29, 0.717) is 5.56 Å². The van der Waals surface area contributed by atoms with E-state index in [1.807, 2.05) is 21.3 Å². The molecule has 89 heavy (non-hydrogen) atoms. The summed E-state index contributed by atoms with van der Waals surface area (Å²) >= 11 is 0. The number of hydrogen-bond donors (Lipinski definition) is 20. The van der Waals surface area contributed by atoms with E-state index >= 15 is 0 Å². The van der Waals surface area contributed by atoms with Gasteiger partial charge in [-0.3, -0.25) is 81.5 Å². The van der Waals surface area contributed by atoms with E-state index in [4.69, 9.17) is 11.5 Å². The number of primary amides is 2. The van der Waals surface area contributed by atoms with Crippen molar-refractivity contribution in [1.29, 1.82) is 0 Å². The number of carbonyl (C=O) groups is 17. The predicted molar refractivity (Wildman–Crippen MR) is 299 cm³/mol. The zero-order chi connectivity index (χ0) is 68.2. The molecule has 1 aromatic rings. The smallest absolute Gasteiger partial charge is 0.305 e. The Morgan fingerprint density at radius 3 is 1.16 bits per heavy atom. The average molecular weight is 1270 g/mol. The first-order valence-electron chi connectivity index (χ1n) is 27.2. The third-order valence-corrected chi connectivity index (χ3v) is 12.6. The van der Waals surface area contributed by atoms with Crippen molar-refractivity contribution in [1.82, 2.24) is 58.5 Å². The minimum absolute atomic E-state index is 0.0643. The Morgan fingerprint density at radius 1 is 0.404 bits per heavy atom. The Kier molecular flexibility index (Phi) is 32.6. The Balaban J connectivity index is 3.40. The van der Waals surface area contributed by atoms with Crippen LogP contribution in [0.15, 0.2) is 30.3 Å². The van der Waals surface area contributed by atoms with E-state index in [0.717, 1.165) is 27.7 Å². The largest absolute Gasteiger partial charge is 0.481 e. The molecule has 0 aliphatic carbocycles. The number of nitrogens with two attached hydrogens (primary N) is 2. The lowest BCUT2D eigenvalue weighted by Gasteiger charge is -2.29. The van der Waals surface area contributed by atoms with Crippen molar-refractivity contribution in [2.45, 2.75) is 172 Å². The van der Waals surface area contributed by atoms with Crippen LogP contribution in [0.5, 0.6) is 0 Å². The second-order valence-electron chi connectivity index (χ2n) is 20.5. The SMILES string of the molecule is CC(=O)N[C@H](C(=O)N[C@@H](CCC(=O)O)C(=O)N[C@@H](CC(=O)O)C(=O)N[C@@H](C)C(=O)N[C@@H](CCC(=O)O)C(=O)N[C@@H](CC(=O)O)C(=O)N[C@@H](CC(N)=O)C(=O)N[C@H](C(=O)N[C@H](C(=O)N[C@@H](CO)C(=O)N[C@@H](Cc1ccccc1)C(N)=O)C(C)C)[C@@H](C)O)[C@@H](C)O. The van der Waals surface area contributed by atoms with Crippen molar-refractivity contribution in [2.75, 3.05) is 6.61 Å². The number of hydrogen-bond acceptors (Lipinski definition) is 20. The van der Waals surface area contributed by atoms with E-state index in [1.165, 1.54) is 13.8 Å². The van der Waals surface area contributed by atoms with Crippen molar-refractivity contribution < 1.29 is 117 Å². The molecule has 0 aromatic heterocycles. The molecule has 494 valence electrons. The first kappa shape index (κ1) is 77.1. The second-order valence-corrected chi connectivity index (χ2v) is 20.5. The highest BCUT2D eigenvalue weighted by atomic mass is 16.4. The molecule has 0 saturated carbocycles. The van der Waals surface area contributed by atoms with Crippen LogP contribution in [0.2, 0.25) is 0 Å². The number of aliphatic hydroxyl groups is 3. The third kappa shape index (κ3) is 28.4. The summed E-state index contributed by atoms with van der Waals surface area (Å²) < 4.78 is 0. The van der Waals surface area contributed by atoms with Gasteiger partial charge in [0.25, 0.3) is 0 Å². The maximum atomic E-state index is 13.8. The fourth-order valence-electron chi connectivity index (χ4n) is 7.87. The summed E-state index contributed by atoms with van der Waals surface area (Å²) in [6, 6.07) is -12.3. The van der Waals surface area contributed by atoms with Gasteiger partial charge in [-0.1, -0.05) is 44.2 Å². The van der Waals surface area contributed by atoms with Crippen molar-refractivity contribution in [3.63, 3.8) is 0 Å². The summed E-state index contributed by atoms with van der Waals surface area (Å²) in [5.41, 5.74) is 11.4. The molecule has 0 heterocycles. The number of carboxylic acids is 4. The van der Waals surface area contributed by atoms with Gasteiger partial charge in [0.15, 0.2) is 0 Å². The number of rotatable bonds is 40. The minimum Gasteiger partial charge on any atom is -0.481 e. The molecule has 0 saturated heterocycles. The summed E-state index contributed by atoms with van der Waals surface area (Å²) in [6.45, 7) is 5.83. The predicted octanol–water partition coefficient (Wildman–Crippen LogP) is -8.95. The second kappa shape index (κ2) is 37.6. The van der Waals surface area contributed by atoms with Crippen LogP contribution in [0.3, 0.4) is 0 Å². The van der Waals surface area contributed by atoms with Crippen LogP contribution in [-0.2, 0) is 87.9 Å². The standard InChI is InChI=1S/C52H77N13O24/c1-21(2)39(50(87)63-33(20-66)49(86)59-29(42(54)79)16-26-10-8-7-9-11-26)64-52(89)41(24(5)68)65-48(85)30(17-34(53)70)60-47(84)32(19-38(77)78)62-44(81)27(12-14-35(71)72)57-43(80)22(3)55-46(83)31(18-37(75)76)61-45(82)28(13-15-36(73)74)58-51(88)40(23(4)67)56-25(6)69/h7-11,21-24,27-33,39-41,66-68H,12-20H2,1-6H3,(H2,53,70)(H2,54,79)(H,55,83)(H,56,69)(H,57,80)(H,58,88)(H,59,86)(H,60,84)(H,61,82)(H,62,81)(H,63,87)(H,64,89)(H,65,85)(H,71,72)(H,73,74)(H,75,76)(H,77,78)/t22-,23+,24+,27-,28-,29-,30-,31-,32-,33-,39-,40-,41-/m0/s1. The number of amides is 13. The molecule has 0 radical (unpaired) electrons. The highest BCUT2D eigenvalue weighted by Crippen LogP contribution is 2.10. The molecule has 13 amide bonds. The molecule has 37 nitrogen and oxygen atoms in total. The number of aliphatic carboxylic acids is 4. The molecule has 22 N–H and O–H groups in total. The van der Waals surface area contributed by atoms with E-state index in [-0.39, 0.29) is 6.42 Å².